The molecule has 0 N–H and O–H groups in total. The van der Waals surface area contributed by atoms with Gasteiger partial charge in [-0.05, 0) is 83.5 Å². The van der Waals surface area contributed by atoms with Crippen molar-refractivity contribution in [2.45, 2.75) is 245 Å². The Labute approximate surface area is 400 Å². The zero-order valence-electron chi connectivity index (χ0n) is 42.2. The van der Waals surface area contributed by atoms with Crippen LogP contribution in [0.15, 0.2) is 97.2 Å². The lowest BCUT2D eigenvalue weighted by atomic mass is 10.0. The molecule has 1 atom stereocenters. The number of carbonyl (C=O) groups is 3. The first-order valence-corrected chi connectivity index (χ1v) is 26.7. The number of ether oxygens (including phenoxy) is 3. The molecule has 0 aliphatic carbocycles. The van der Waals surface area contributed by atoms with Crippen LogP contribution >= 0.6 is 0 Å². The molecule has 1 unspecified atom stereocenters. The van der Waals surface area contributed by atoms with Crippen LogP contribution in [0.25, 0.3) is 0 Å². The van der Waals surface area contributed by atoms with Crippen molar-refractivity contribution in [1.82, 2.24) is 0 Å². The minimum absolute atomic E-state index is 0.113. The summed E-state index contributed by atoms with van der Waals surface area (Å²) in [6, 6.07) is 0. The Bertz CT molecular complexity index is 1310. The standard InChI is InChI=1S/C59H98O6/c1-4-7-10-13-16-19-22-25-28-30-32-34-37-40-43-46-49-52-58(61)64-55-56(54-63-57(60)51-48-45-42-39-36-33-27-24-21-18-15-12-9-6-3)65-59(62)53-50-47-44-41-38-35-31-29-26-23-20-17-14-11-8-5-2/h8-9,11-12,17-18,20-21,26-27,29,33,35,38,44,47,56H,4-7,10,13-16,19,22-25,28,30-32,34,36-37,39-43,45-46,48-55H2,1-3H3/b11-8-,12-9-,20-17-,21-18-,29-26-,33-27-,38-35-,47-44-. The highest BCUT2D eigenvalue weighted by Gasteiger charge is 2.19. The smallest absolute Gasteiger partial charge is 0.306 e. The van der Waals surface area contributed by atoms with Gasteiger partial charge >= 0.3 is 17.9 Å². The zero-order valence-corrected chi connectivity index (χ0v) is 42.2. The van der Waals surface area contributed by atoms with Crippen LogP contribution in [0.5, 0.6) is 0 Å². The molecule has 0 heterocycles. The van der Waals surface area contributed by atoms with Gasteiger partial charge < -0.3 is 14.2 Å². The van der Waals surface area contributed by atoms with Crippen molar-refractivity contribution in [2.24, 2.45) is 0 Å². The summed E-state index contributed by atoms with van der Waals surface area (Å²) >= 11 is 0. The van der Waals surface area contributed by atoms with Crippen LogP contribution < -0.4 is 0 Å². The molecule has 0 bridgehead atoms. The third-order valence-electron chi connectivity index (χ3n) is 11.1. The monoisotopic (exact) mass is 903 g/mol. The number of allylic oxidation sites excluding steroid dienone is 16. The number of hydrogen-bond donors (Lipinski definition) is 0. The molecule has 0 amide bonds. The molecular formula is C59H98O6. The van der Waals surface area contributed by atoms with E-state index >= 15 is 0 Å². The third kappa shape index (κ3) is 51.2. The normalized spacial score (nSPS) is 12.8. The van der Waals surface area contributed by atoms with E-state index in [2.05, 4.69) is 106 Å². The van der Waals surface area contributed by atoms with Crippen molar-refractivity contribution in [3.8, 4) is 0 Å². The summed E-state index contributed by atoms with van der Waals surface area (Å²) < 4.78 is 16.7. The molecule has 6 nitrogen and oxygen atoms in total. The van der Waals surface area contributed by atoms with Crippen LogP contribution in [0, 0.1) is 0 Å². The van der Waals surface area contributed by atoms with Crippen LogP contribution in [0.4, 0.5) is 0 Å². The van der Waals surface area contributed by atoms with Gasteiger partial charge in [-0.25, -0.2) is 0 Å². The van der Waals surface area contributed by atoms with Gasteiger partial charge in [-0.2, -0.15) is 0 Å². The summed E-state index contributed by atoms with van der Waals surface area (Å²) in [7, 11) is 0. The predicted octanol–water partition coefficient (Wildman–Crippen LogP) is 17.8. The number of carbonyl (C=O) groups excluding carboxylic acids is 3. The lowest BCUT2D eigenvalue weighted by Crippen LogP contribution is -2.30. The molecule has 0 aliphatic heterocycles. The fourth-order valence-electron chi connectivity index (χ4n) is 7.15. The molecule has 0 saturated heterocycles. The maximum atomic E-state index is 12.8. The number of hydrogen-bond acceptors (Lipinski definition) is 6. The van der Waals surface area contributed by atoms with E-state index in [0.29, 0.717) is 19.3 Å². The Morgan fingerprint density at radius 2 is 0.631 bits per heavy atom. The quantitative estimate of drug-likeness (QED) is 0.0262. The molecule has 0 saturated carbocycles. The van der Waals surface area contributed by atoms with E-state index in [-0.39, 0.29) is 31.6 Å². The molecule has 0 aromatic carbocycles. The minimum Gasteiger partial charge on any atom is -0.462 e. The van der Waals surface area contributed by atoms with Gasteiger partial charge in [0.15, 0.2) is 6.10 Å². The second-order valence-electron chi connectivity index (χ2n) is 17.4. The maximum absolute atomic E-state index is 12.8. The number of esters is 3. The summed E-state index contributed by atoms with van der Waals surface area (Å²) in [5.74, 6) is -1.02. The number of rotatable bonds is 47. The van der Waals surface area contributed by atoms with Crippen molar-refractivity contribution >= 4 is 17.9 Å². The molecule has 0 aliphatic rings. The fraction of sp³-hybridized carbons (Fsp3) is 0.678. The average Bonchev–Trinajstić information content (AvgIpc) is 3.30. The van der Waals surface area contributed by atoms with Gasteiger partial charge in [0.1, 0.15) is 13.2 Å². The van der Waals surface area contributed by atoms with Crippen molar-refractivity contribution in [3.05, 3.63) is 97.2 Å². The Kier molecular flexibility index (Phi) is 50.0. The van der Waals surface area contributed by atoms with Crippen LogP contribution in [0.2, 0.25) is 0 Å². The van der Waals surface area contributed by atoms with E-state index in [1.54, 1.807) is 0 Å². The first-order valence-electron chi connectivity index (χ1n) is 26.7. The van der Waals surface area contributed by atoms with E-state index in [9.17, 15) is 14.4 Å². The highest BCUT2D eigenvalue weighted by Crippen LogP contribution is 2.15. The minimum atomic E-state index is -0.825. The topological polar surface area (TPSA) is 78.9 Å². The fourth-order valence-corrected chi connectivity index (χ4v) is 7.15. The zero-order chi connectivity index (χ0) is 47.2. The molecule has 0 spiro atoms. The van der Waals surface area contributed by atoms with E-state index in [1.807, 2.05) is 12.2 Å². The highest BCUT2D eigenvalue weighted by molar-refractivity contribution is 5.71. The Hall–Kier alpha value is -3.67. The lowest BCUT2D eigenvalue weighted by molar-refractivity contribution is -0.166. The largest absolute Gasteiger partial charge is 0.462 e. The van der Waals surface area contributed by atoms with Gasteiger partial charge in [0.2, 0.25) is 0 Å². The second kappa shape index (κ2) is 52.9. The molecule has 6 heteroatoms. The summed E-state index contributed by atoms with van der Waals surface area (Å²) in [5, 5.41) is 0. The van der Waals surface area contributed by atoms with Gasteiger partial charge in [0, 0.05) is 19.3 Å². The van der Waals surface area contributed by atoms with Gasteiger partial charge in [0.05, 0.1) is 0 Å². The van der Waals surface area contributed by atoms with Gasteiger partial charge in [-0.15, -0.1) is 0 Å². The molecular weight excluding hydrogens is 805 g/mol. The lowest BCUT2D eigenvalue weighted by Gasteiger charge is -2.18. The van der Waals surface area contributed by atoms with Crippen molar-refractivity contribution in [1.29, 1.82) is 0 Å². The summed E-state index contributed by atoms with van der Waals surface area (Å²) in [4.78, 5) is 38.0. The van der Waals surface area contributed by atoms with Crippen molar-refractivity contribution in [3.63, 3.8) is 0 Å². The van der Waals surface area contributed by atoms with E-state index in [1.165, 1.54) is 89.9 Å². The van der Waals surface area contributed by atoms with Crippen LogP contribution in [0.3, 0.4) is 0 Å². The SMILES string of the molecule is CC/C=C\C/C=C\C/C=C\C/C=C\C/C=C\CCC(=O)OC(COC(=O)CCCCCC/C=C\C/C=C\C/C=C\CC)COC(=O)CCCCCCCCCCCCCCCCCCC. The van der Waals surface area contributed by atoms with E-state index in [0.717, 1.165) is 103 Å². The average molecular weight is 903 g/mol. The van der Waals surface area contributed by atoms with Gasteiger partial charge in [-0.3, -0.25) is 14.4 Å². The summed E-state index contributed by atoms with van der Waals surface area (Å²) in [6.45, 7) is 6.33. The molecule has 0 fully saturated rings. The molecule has 65 heavy (non-hydrogen) atoms. The Balaban J connectivity index is 4.50. The summed E-state index contributed by atoms with van der Waals surface area (Å²) in [5.41, 5.74) is 0. The summed E-state index contributed by atoms with van der Waals surface area (Å²) in [6.07, 6.45) is 69.8. The van der Waals surface area contributed by atoms with Crippen molar-refractivity contribution < 1.29 is 28.6 Å². The second-order valence-corrected chi connectivity index (χ2v) is 17.4. The predicted molar refractivity (Wildman–Crippen MR) is 279 cm³/mol. The molecule has 0 radical (unpaired) electrons. The van der Waals surface area contributed by atoms with Crippen LogP contribution in [-0.2, 0) is 28.6 Å². The van der Waals surface area contributed by atoms with Crippen LogP contribution in [-0.4, -0.2) is 37.2 Å². The number of unbranched alkanes of at least 4 members (excludes halogenated alkanes) is 20. The van der Waals surface area contributed by atoms with E-state index < -0.39 is 12.1 Å². The molecule has 0 rings (SSSR count). The molecule has 0 aromatic rings. The van der Waals surface area contributed by atoms with Crippen LogP contribution in [0.1, 0.15) is 239 Å². The highest BCUT2D eigenvalue weighted by atomic mass is 16.6. The Morgan fingerprint density at radius 3 is 1.00 bits per heavy atom. The van der Waals surface area contributed by atoms with Gasteiger partial charge in [0.25, 0.3) is 0 Å². The Morgan fingerprint density at radius 1 is 0.323 bits per heavy atom. The third-order valence-corrected chi connectivity index (χ3v) is 11.1. The molecule has 370 valence electrons. The van der Waals surface area contributed by atoms with Crippen molar-refractivity contribution in [2.75, 3.05) is 13.2 Å². The maximum Gasteiger partial charge on any atom is 0.306 e. The van der Waals surface area contributed by atoms with E-state index in [4.69, 9.17) is 14.2 Å². The first kappa shape index (κ1) is 61.3. The molecule has 0 aromatic heterocycles. The van der Waals surface area contributed by atoms with Gasteiger partial charge in [-0.1, -0.05) is 234 Å². The first-order chi connectivity index (χ1) is 32.0.